The molecule has 15 heteroatoms. The second-order valence-corrected chi connectivity index (χ2v) is 13.1. The molecular formula is C31H29ClF3N3O7S. The van der Waals surface area contributed by atoms with Crippen LogP contribution in [0.25, 0.3) is 6.08 Å². The normalized spacial score (nSPS) is 21.7. The van der Waals surface area contributed by atoms with E-state index in [9.17, 15) is 31.5 Å². The molecule has 0 radical (unpaired) electrons. The molecule has 46 heavy (non-hydrogen) atoms. The molecule has 3 aromatic carbocycles. The van der Waals surface area contributed by atoms with Gasteiger partial charge in [0.2, 0.25) is 5.91 Å². The van der Waals surface area contributed by atoms with E-state index in [1.807, 2.05) is 0 Å². The summed E-state index contributed by atoms with van der Waals surface area (Å²) in [7, 11) is -1.02. The van der Waals surface area contributed by atoms with Crippen LogP contribution in [0.4, 0.5) is 18.9 Å². The second-order valence-electron chi connectivity index (χ2n) is 10.9. The van der Waals surface area contributed by atoms with Gasteiger partial charge in [-0.05, 0) is 47.9 Å². The minimum Gasteiger partial charge on any atom is -0.497 e. The van der Waals surface area contributed by atoms with Gasteiger partial charge in [0.15, 0.2) is 11.3 Å². The Labute approximate surface area is 268 Å². The molecule has 1 fully saturated rings. The fourth-order valence-electron chi connectivity index (χ4n) is 6.13. The van der Waals surface area contributed by atoms with Gasteiger partial charge in [-0.3, -0.25) is 14.5 Å². The highest BCUT2D eigenvalue weighted by Crippen LogP contribution is 2.54. The number of nitrogens with zero attached hydrogens (tertiary/aromatic N) is 3. The van der Waals surface area contributed by atoms with Gasteiger partial charge >= 0.3 is 6.36 Å². The average molecular weight is 680 g/mol. The molecule has 0 aliphatic carbocycles. The van der Waals surface area contributed by atoms with Crippen molar-refractivity contribution in [2.24, 2.45) is 0 Å². The number of likely N-dealkylation sites (tertiary alicyclic amines) is 1. The number of aliphatic hydroxyl groups is 1. The molecule has 2 aliphatic heterocycles. The number of alkyl halides is 3. The van der Waals surface area contributed by atoms with Crippen molar-refractivity contribution >= 4 is 45.2 Å². The number of halogens is 4. The van der Waals surface area contributed by atoms with Crippen LogP contribution in [-0.4, -0.2) is 81.4 Å². The first kappa shape index (κ1) is 33.3. The molecule has 0 spiro atoms. The molecule has 1 saturated heterocycles. The van der Waals surface area contributed by atoms with Crippen LogP contribution in [0.2, 0.25) is 5.02 Å². The smallest absolute Gasteiger partial charge is 0.497 e. The Kier molecular flexibility index (Phi) is 8.62. The number of ether oxygens (including phenoxy) is 2. The minimum atomic E-state index is -5.30. The average Bonchev–Trinajstić information content (AvgIpc) is 3.50. The number of anilines is 1. The lowest BCUT2D eigenvalue weighted by Crippen LogP contribution is -2.59. The largest absolute Gasteiger partial charge is 0.573 e. The van der Waals surface area contributed by atoms with Crippen molar-refractivity contribution in [3.05, 3.63) is 89.0 Å². The fourth-order valence-corrected chi connectivity index (χ4v) is 7.86. The van der Waals surface area contributed by atoms with Crippen LogP contribution in [-0.2, 0) is 25.2 Å². The van der Waals surface area contributed by atoms with Crippen LogP contribution in [0.5, 0.6) is 11.5 Å². The zero-order chi connectivity index (χ0) is 33.8. The zero-order valence-corrected chi connectivity index (χ0v) is 26.4. The van der Waals surface area contributed by atoms with Gasteiger partial charge in [-0.25, -0.2) is 12.7 Å². The van der Waals surface area contributed by atoms with E-state index in [1.165, 1.54) is 55.3 Å². The Balaban J connectivity index is 1.86. The summed E-state index contributed by atoms with van der Waals surface area (Å²) in [5, 5.41) is 11.0. The van der Waals surface area contributed by atoms with Crippen molar-refractivity contribution in [1.82, 2.24) is 9.80 Å². The van der Waals surface area contributed by atoms with Gasteiger partial charge in [0.05, 0.1) is 24.9 Å². The van der Waals surface area contributed by atoms with Gasteiger partial charge in [0.1, 0.15) is 10.6 Å². The summed E-state index contributed by atoms with van der Waals surface area (Å²) in [6.07, 6.45) is -5.04. The number of hydrogen-bond donors (Lipinski definition) is 1. The number of rotatable bonds is 8. The van der Waals surface area contributed by atoms with Crippen LogP contribution in [0.1, 0.15) is 23.1 Å². The molecule has 2 amide bonds. The Bertz CT molecular complexity index is 1840. The second kappa shape index (κ2) is 11.9. The van der Waals surface area contributed by atoms with Gasteiger partial charge in [-0.15, -0.1) is 13.2 Å². The van der Waals surface area contributed by atoms with Gasteiger partial charge in [0.25, 0.3) is 15.9 Å². The van der Waals surface area contributed by atoms with Crippen molar-refractivity contribution in [1.29, 1.82) is 0 Å². The Morgan fingerprint density at radius 2 is 1.83 bits per heavy atom. The molecule has 0 saturated carbocycles. The Morgan fingerprint density at radius 3 is 2.46 bits per heavy atom. The topological polar surface area (TPSA) is 117 Å². The summed E-state index contributed by atoms with van der Waals surface area (Å²) in [5.41, 5.74) is -1.71. The summed E-state index contributed by atoms with van der Waals surface area (Å²) < 4.78 is 79.0. The standard InChI is InChI=1S/C31H29ClF3N3O7S/c1-5-18-8-6-7-9-22(18)30(37-17-20(39)15-25(37)28(40)36(2)3)23-14-19(32)10-12-24(23)38(29(30)41)46(42,43)27-13-11-21(44-4)16-26(27)45-31(33,34)35/h5-14,16,20,25,39H,1,15,17H2,2-4H3/t20-,25+,30?/m1/s1. The lowest BCUT2D eigenvalue weighted by Gasteiger charge is -2.42. The molecule has 0 bridgehead atoms. The van der Waals surface area contributed by atoms with Crippen molar-refractivity contribution in [2.75, 3.05) is 32.1 Å². The quantitative estimate of drug-likeness (QED) is 0.373. The molecule has 2 heterocycles. The number of amides is 2. The van der Waals surface area contributed by atoms with Crippen LogP contribution >= 0.6 is 11.6 Å². The van der Waals surface area contributed by atoms with Gasteiger partial charge in [-0.2, -0.15) is 0 Å². The molecule has 244 valence electrons. The third kappa shape index (κ3) is 5.38. The first-order chi connectivity index (χ1) is 21.6. The molecule has 3 atom stereocenters. The number of aliphatic hydroxyl groups excluding tert-OH is 1. The van der Waals surface area contributed by atoms with E-state index in [1.54, 1.807) is 24.3 Å². The maximum Gasteiger partial charge on any atom is 0.573 e. The maximum absolute atomic E-state index is 15.2. The van der Waals surface area contributed by atoms with Gasteiger partial charge < -0.3 is 19.5 Å². The Morgan fingerprint density at radius 1 is 1.13 bits per heavy atom. The predicted molar refractivity (Wildman–Crippen MR) is 163 cm³/mol. The first-order valence-corrected chi connectivity index (χ1v) is 15.6. The summed E-state index contributed by atoms with van der Waals surface area (Å²) in [4.78, 5) is 30.5. The summed E-state index contributed by atoms with van der Waals surface area (Å²) >= 11 is 6.45. The van der Waals surface area contributed by atoms with Crippen molar-refractivity contribution in [2.45, 2.75) is 35.4 Å². The van der Waals surface area contributed by atoms with E-state index >= 15 is 4.79 Å². The lowest BCUT2D eigenvalue weighted by molar-refractivity contribution is -0.275. The molecule has 3 aromatic rings. The van der Waals surface area contributed by atoms with Crippen molar-refractivity contribution in [3.63, 3.8) is 0 Å². The highest BCUT2D eigenvalue weighted by molar-refractivity contribution is 7.93. The van der Waals surface area contributed by atoms with Crippen molar-refractivity contribution in [3.8, 4) is 11.5 Å². The maximum atomic E-state index is 15.2. The number of carbonyl (C=O) groups is 2. The summed E-state index contributed by atoms with van der Waals surface area (Å²) in [6, 6.07) is 12.0. The van der Waals surface area contributed by atoms with E-state index in [2.05, 4.69) is 11.3 Å². The number of carbonyl (C=O) groups excluding carboxylic acids is 2. The van der Waals surface area contributed by atoms with Gasteiger partial charge in [0, 0.05) is 37.3 Å². The highest BCUT2D eigenvalue weighted by atomic mass is 35.5. The number of methoxy groups -OCH3 is 1. The molecule has 10 nitrogen and oxygen atoms in total. The van der Waals surface area contributed by atoms with E-state index in [4.69, 9.17) is 16.3 Å². The van der Waals surface area contributed by atoms with Crippen LogP contribution in [0.15, 0.2) is 72.1 Å². The van der Waals surface area contributed by atoms with Crippen LogP contribution in [0, 0.1) is 0 Å². The number of benzene rings is 3. The highest BCUT2D eigenvalue weighted by Gasteiger charge is 2.63. The number of fused-ring (bicyclic) bond motifs is 1. The first-order valence-electron chi connectivity index (χ1n) is 13.8. The molecule has 5 rings (SSSR count). The van der Waals surface area contributed by atoms with Crippen LogP contribution in [0.3, 0.4) is 0 Å². The predicted octanol–water partition coefficient (Wildman–Crippen LogP) is 4.39. The van der Waals surface area contributed by atoms with Crippen LogP contribution < -0.4 is 13.8 Å². The molecule has 0 aromatic heterocycles. The number of hydrogen-bond acceptors (Lipinski definition) is 8. The molecule has 2 aliphatic rings. The third-order valence-corrected chi connectivity index (χ3v) is 9.93. The Hall–Kier alpha value is -4.11. The monoisotopic (exact) mass is 679 g/mol. The van der Waals surface area contributed by atoms with E-state index < -0.39 is 56.5 Å². The third-order valence-electron chi connectivity index (χ3n) is 7.96. The SMILES string of the molecule is C=Cc1ccccc1C1(N2C[C@H](O)C[C@H]2C(=O)N(C)C)C(=O)N(S(=O)(=O)c2ccc(OC)cc2OC(F)(F)F)c2ccc(Cl)cc21. The lowest BCUT2D eigenvalue weighted by atomic mass is 9.79. The zero-order valence-electron chi connectivity index (χ0n) is 24.8. The van der Waals surface area contributed by atoms with Crippen molar-refractivity contribution < 1.29 is 45.8 Å². The fraction of sp³-hybridized carbons (Fsp3) is 0.290. The van der Waals surface area contributed by atoms with E-state index in [-0.39, 0.29) is 40.6 Å². The van der Waals surface area contributed by atoms with E-state index in [0.29, 0.717) is 9.87 Å². The summed E-state index contributed by atoms with van der Waals surface area (Å²) in [6.45, 7) is 3.60. The van der Waals surface area contributed by atoms with E-state index in [0.717, 1.165) is 18.2 Å². The molecular weight excluding hydrogens is 651 g/mol. The molecule has 1 unspecified atom stereocenters. The summed E-state index contributed by atoms with van der Waals surface area (Å²) in [5.74, 6) is -2.88. The minimum absolute atomic E-state index is 0.0281. The number of likely N-dealkylation sites (N-methyl/N-ethyl adjacent to an activating group) is 1. The number of sulfonamides is 1. The number of β-amino-alcohol motifs (C(OH)–C–C–N with tert-alkyl or cyclic N) is 1. The molecule has 1 N–H and O–H groups in total. The van der Waals surface area contributed by atoms with Gasteiger partial charge in [-0.1, -0.05) is 48.5 Å².